The van der Waals surface area contributed by atoms with Crippen LogP contribution < -0.4 is 5.32 Å². The lowest BCUT2D eigenvalue weighted by molar-refractivity contribution is 0.0945. The molecular weight excluding hydrogens is 338 g/mol. The van der Waals surface area contributed by atoms with Crippen molar-refractivity contribution in [1.82, 2.24) is 24.9 Å². The maximum absolute atomic E-state index is 11.8. The quantitative estimate of drug-likeness (QED) is 0.759. The number of aliphatic hydroxyl groups excluding tert-OH is 1. The summed E-state index contributed by atoms with van der Waals surface area (Å²) >= 11 is 3.48. The Hall–Kier alpha value is -1.67. The maximum Gasteiger partial charge on any atom is 0.271 e. The van der Waals surface area contributed by atoms with Gasteiger partial charge in [-0.25, -0.2) is 4.68 Å². The molecule has 1 amide bonds. The number of hydrogen-bond acceptors (Lipinski definition) is 4. The van der Waals surface area contributed by atoms with Crippen LogP contribution in [0.2, 0.25) is 0 Å². The minimum atomic E-state index is -0.239. The summed E-state index contributed by atoms with van der Waals surface area (Å²) in [7, 11) is 0. The Morgan fingerprint density at radius 3 is 2.81 bits per heavy atom. The second-order valence-corrected chi connectivity index (χ2v) is 5.49. The SMILES string of the molecule is Cc1nn(Cn2ccc(C(=O)NCCCO)n2)c(C)c1Br. The predicted molar refractivity (Wildman–Crippen MR) is 81.1 cm³/mol. The fourth-order valence-corrected chi connectivity index (χ4v) is 2.17. The first-order valence-corrected chi connectivity index (χ1v) is 7.44. The molecule has 0 atom stereocenters. The molecule has 0 fully saturated rings. The van der Waals surface area contributed by atoms with E-state index in [-0.39, 0.29) is 12.5 Å². The van der Waals surface area contributed by atoms with Crippen molar-refractivity contribution in [3.05, 3.63) is 33.8 Å². The molecule has 21 heavy (non-hydrogen) atoms. The summed E-state index contributed by atoms with van der Waals surface area (Å²) in [6, 6.07) is 1.66. The first kappa shape index (κ1) is 15.7. The zero-order valence-electron chi connectivity index (χ0n) is 12.0. The molecule has 0 aromatic carbocycles. The Kier molecular flexibility index (Phi) is 5.13. The molecule has 0 spiro atoms. The fraction of sp³-hybridized carbons (Fsp3) is 0.462. The van der Waals surface area contributed by atoms with E-state index in [4.69, 9.17) is 5.11 Å². The first-order chi connectivity index (χ1) is 10.0. The largest absolute Gasteiger partial charge is 0.396 e. The summed E-state index contributed by atoms with van der Waals surface area (Å²) in [4.78, 5) is 11.8. The predicted octanol–water partition coefficient (Wildman–Crippen LogP) is 1.08. The Morgan fingerprint density at radius 2 is 2.19 bits per heavy atom. The number of nitrogens with one attached hydrogen (secondary N) is 1. The van der Waals surface area contributed by atoms with E-state index < -0.39 is 0 Å². The van der Waals surface area contributed by atoms with Gasteiger partial charge in [-0.15, -0.1) is 0 Å². The highest BCUT2D eigenvalue weighted by atomic mass is 79.9. The standard InChI is InChI=1S/C13H18BrN5O2/c1-9-12(14)10(2)19(16-9)8-18-6-4-11(17-18)13(21)15-5-3-7-20/h4,6,20H,3,5,7-8H2,1-2H3,(H,15,21). The van der Waals surface area contributed by atoms with Gasteiger partial charge in [0.1, 0.15) is 12.4 Å². The van der Waals surface area contributed by atoms with Gasteiger partial charge in [0.05, 0.1) is 15.9 Å². The summed E-state index contributed by atoms with van der Waals surface area (Å²) in [5, 5.41) is 20.0. The van der Waals surface area contributed by atoms with Gasteiger partial charge in [-0.05, 0) is 42.3 Å². The van der Waals surface area contributed by atoms with Crippen LogP contribution in [0.15, 0.2) is 16.7 Å². The molecule has 114 valence electrons. The molecule has 0 saturated heterocycles. The molecule has 7 nitrogen and oxygen atoms in total. The molecule has 2 aromatic heterocycles. The number of amides is 1. The first-order valence-electron chi connectivity index (χ1n) is 6.65. The Balaban J connectivity index is 2.03. The van der Waals surface area contributed by atoms with Crippen molar-refractivity contribution in [2.24, 2.45) is 0 Å². The van der Waals surface area contributed by atoms with Crippen LogP contribution in [-0.2, 0) is 6.67 Å². The van der Waals surface area contributed by atoms with Gasteiger partial charge in [-0.3, -0.25) is 9.48 Å². The normalized spacial score (nSPS) is 10.9. The number of aliphatic hydroxyl groups is 1. The molecule has 0 aliphatic carbocycles. The number of nitrogens with zero attached hydrogens (tertiary/aromatic N) is 4. The van der Waals surface area contributed by atoms with Crippen molar-refractivity contribution >= 4 is 21.8 Å². The third-order valence-corrected chi connectivity index (χ3v) is 4.21. The van der Waals surface area contributed by atoms with Crippen molar-refractivity contribution in [3.8, 4) is 0 Å². The van der Waals surface area contributed by atoms with Gasteiger partial charge in [0, 0.05) is 19.3 Å². The van der Waals surface area contributed by atoms with Crippen LogP contribution in [0.4, 0.5) is 0 Å². The van der Waals surface area contributed by atoms with E-state index in [9.17, 15) is 4.79 Å². The van der Waals surface area contributed by atoms with E-state index in [0.717, 1.165) is 15.9 Å². The van der Waals surface area contributed by atoms with Crippen LogP contribution >= 0.6 is 15.9 Å². The van der Waals surface area contributed by atoms with Gasteiger partial charge >= 0.3 is 0 Å². The van der Waals surface area contributed by atoms with E-state index >= 15 is 0 Å². The molecule has 2 N–H and O–H groups in total. The van der Waals surface area contributed by atoms with Crippen LogP contribution in [0, 0.1) is 13.8 Å². The molecule has 0 saturated carbocycles. The second kappa shape index (κ2) is 6.86. The van der Waals surface area contributed by atoms with Crippen LogP contribution in [0.1, 0.15) is 28.3 Å². The second-order valence-electron chi connectivity index (χ2n) is 4.70. The third-order valence-electron chi connectivity index (χ3n) is 3.07. The van der Waals surface area contributed by atoms with Crippen LogP contribution in [0.25, 0.3) is 0 Å². The number of carbonyl (C=O) groups excluding carboxylic acids is 1. The lowest BCUT2D eigenvalue weighted by atomic mass is 10.4. The van der Waals surface area contributed by atoms with Gasteiger partial charge in [0.15, 0.2) is 0 Å². The van der Waals surface area contributed by atoms with Crippen molar-refractivity contribution in [3.63, 3.8) is 0 Å². The number of aryl methyl sites for hydroxylation is 1. The van der Waals surface area contributed by atoms with E-state index in [2.05, 4.69) is 31.4 Å². The van der Waals surface area contributed by atoms with Gasteiger partial charge in [0.2, 0.25) is 0 Å². The summed E-state index contributed by atoms with van der Waals surface area (Å²) in [6.07, 6.45) is 2.28. The summed E-state index contributed by atoms with van der Waals surface area (Å²) < 4.78 is 4.46. The summed E-state index contributed by atoms with van der Waals surface area (Å²) in [5.41, 5.74) is 2.28. The summed E-state index contributed by atoms with van der Waals surface area (Å²) in [5.74, 6) is -0.239. The third kappa shape index (κ3) is 3.70. The van der Waals surface area contributed by atoms with Crippen molar-refractivity contribution < 1.29 is 9.90 Å². The average molecular weight is 356 g/mol. The number of hydrogen-bond donors (Lipinski definition) is 2. The Bertz CT molecular complexity index is 635. The lowest BCUT2D eigenvalue weighted by Gasteiger charge is -2.04. The van der Waals surface area contributed by atoms with E-state index in [1.165, 1.54) is 0 Å². The zero-order chi connectivity index (χ0) is 15.4. The Labute approximate surface area is 131 Å². The van der Waals surface area contributed by atoms with Crippen LogP contribution in [0.3, 0.4) is 0 Å². The highest BCUT2D eigenvalue weighted by molar-refractivity contribution is 9.10. The van der Waals surface area contributed by atoms with Gasteiger partial charge < -0.3 is 10.4 Å². The molecule has 0 aliphatic rings. The highest BCUT2D eigenvalue weighted by Crippen LogP contribution is 2.19. The van der Waals surface area contributed by atoms with Gasteiger partial charge in [-0.2, -0.15) is 10.2 Å². The minimum Gasteiger partial charge on any atom is -0.396 e. The molecule has 2 rings (SSSR count). The van der Waals surface area contributed by atoms with Crippen molar-refractivity contribution in [2.45, 2.75) is 26.9 Å². The van der Waals surface area contributed by atoms with Crippen LogP contribution in [0.5, 0.6) is 0 Å². The molecule has 0 bridgehead atoms. The number of halogens is 1. The zero-order valence-corrected chi connectivity index (χ0v) is 13.6. The fourth-order valence-electron chi connectivity index (χ4n) is 1.88. The van der Waals surface area contributed by atoms with Gasteiger partial charge in [0.25, 0.3) is 5.91 Å². The maximum atomic E-state index is 11.8. The van der Waals surface area contributed by atoms with Gasteiger partial charge in [-0.1, -0.05) is 0 Å². The van der Waals surface area contributed by atoms with E-state index in [1.54, 1.807) is 16.9 Å². The average Bonchev–Trinajstić information content (AvgIpc) is 3.01. The Morgan fingerprint density at radius 1 is 1.43 bits per heavy atom. The molecule has 2 aromatic rings. The minimum absolute atomic E-state index is 0.0571. The number of rotatable bonds is 6. The molecular formula is C13H18BrN5O2. The molecule has 8 heteroatoms. The monoisotopic (exact) mass is 355 g/mol. The van der Waals surface area contributed by atoms with Crippen molar-refractivity contribution in [1.29, 1.82) is 0 Å². The van der Waals surface area contributed by atoms with Crippen molar-refractivity contribution in [2.75, 3.05) is 13.2 Å². The topological polar surface area (TPSA) is 85.0 Å². The molecule has 0 radical (unpaired) electrons. The molecule has 2 heterocycles. The number of carbonyl (C=O) groups is 1. The van der Waals surface area contributed by atoms with E-state index in [0.29, 0.717) is 25.3 Å². The lowest BCUT2D eigenvalue weighted by Crippen LogP contribution is -2.25. The highest BCUT2D eigenvalue weighted by Gasteiger charge is 2.11. The molecule has 0 unspecified atom stereocenters. The number of aromatic nitrogens is 4. The van der Waals surface area contributed by atoms with E-state index in [1.807, 2.05) is 18.5 Å². The smallest absolute Gasteiger partial charge is 0.271 e. The van der Waals surface area contributed by atoms with Crippen LogP contribution in [-0.4, -0.2) is 43.7 Å². The summed E-state index contributed by atoms with van der Waals surface area (Å²) in [6.45, 7) is 4.84. The molecule has 0 aliphatic heterocycles.